The first-order chi connectivity index (χ1) is 16.3. The van der Waals surface area contributed by atoms with Gasteiger partial charge in [-0.05, 0) is 48.5 Å². The summed E-state index contributed by atoms with van der Waals surface area (Å²) < 4.78 is 34.0. The fraction of sp³-hybridized carbons (Fsp3) is 0. The largest absolute Gasteiger partial charge is 0.457 e. The molecule has 0 aliphatic rings. The summed E-state index contributed by atoms with van der Waals surface area (Å²) in [6.45, 7) is 0. The van der Waals surface area contributed by atoms with Crippen molar-refractivity contribution in [3.05, 3.63) is 99.4 Å². The Morgan fingerprint density at radius 2 is 1.62 bits per heavy atom. The van der Waals surface area contributed by atoms with E-state index in [1.54, 1.807) is 48.7 Å². The number of hydrogen-bond acceptors (Lipinski definition) is 5. The van der Waals surface area contributed by atoms with Gasteiger partial charge in [0.1, 0.15) is 22.0 Å². The second kappa shape index (κ2) is 8.64. The van der Waals surface area contributed by atoms with Gasteiger partial charge < -0.3 is 9.72 Å². The summed E-state index contributed by atoms with van der Waals surface area (Å²) >= 11 is 12.0. The number of anilines is 1. The van der Waals surface area contributed by atoms with Crippen LogP contribution in [0.1, 0.15) is 0 Å². The summed E-state index contributed by atoms with van der Waals surface area (Å²) in [7, 11) is -3.94. The maximum atomic E-state index is 12.7. The van der Waals surface area contributed by atoms with Gasteiger partial charge in [0.15, 0.2) is 0 Å². The first-order valence-corrected chi connectivity index (χ1v) is 12.2. The molecule has 0 aliphatic carbocycles. The number of ether oxygens (including phenoxy) is 1. The molecule has 0 amide bonds. The average molecular weight is 512 g/mol. The molecule has 3 aromatic carbocycles. The van der Waals surface area contributed by atoms with Gasteiger partial charge in [0.05, 0.1) is 15.4 Å². The van der Waals surface area contributed by atoms with Crippen molar-refractivity contribution in [2.75, 3.05) is 4.72 Å². The lowest BCUT2D eigenvalue weighted by Gasteiger charge is -2.12. The Hall–Kier alpha value is -3.59. The van der Waals surface area contributed by atoms with Crippen LogP contribution in [0.25, 0.3) is 21.8 Å². The van der Waals surface area contributed by atoms with Gasteiger partial charge in [0.2, 0.25) is 0 Å². The van der Waals surface area contributed by atoms with Gasteiger partial charge in [-0.2, -0.15) is 0 Å². The van der Waals surface area contributed by atoms with Crippen LogP contribution < -0.4 is 15.0 Å². The maximum Gasteiger partial charge on any atom is 0.263 e. The number of aromatic amines is 1. The van der Waals surface area contributed by atoms with Crippen molar-refractivity contribution in [3.63, 3.8) is 0 Å². The topological polar surface area (TPSA) is 101 Å². The lowest BCUT2D eigenvalue weighted by atomic mass is 10.1. The van der Waals surface area contributed by atoms with E-state index in [0.717, 1.165) is 0 Å². The Balaban J connectivity index is 1.46. The van der Waals surface area contributed by atoms with E-state index in [-0.39, 0.29) is 20.5 Å². The third-order valence-corrected chi connectivity index (χ3v) is 7.48. The smallest absolute Gasteiger partial charge is 0.263 e. The fourth-order valence-electron chi connectivity index (χ4n) is 3.58. The van der Waals surface area contributed by atoms with Crippen LogP contribution >= 0.6 is 23.2 Å². The predicted molar refractivity (Wildman–Crippen MR) is 134 cm³/mol. The molecule has 0 unspecified atom stereocenters. The van der Waals surface area contributed by atoms with Gasteiger partial charge >= 0.3 is 0 Å². The average Bonchev–Trinajstić information content (AvgIpc) is 2.82. The molecule has 0 bridgehead atoms. The van der Waals surface area contributed by atoms with E-state index in [1.807, 2.05) is 12.1 Å². The third kappa shape index (κ3) is 4.07. The highest BCUT2D eigenvalue weighted by molar-refractivity contribution is 7.92. The minimum atomic E-state index is -3.94. The molecule has 0 atom stereocenters. The zero-order valence-corrected chi connectivity index (χ0v) is 19.6. The van der Waals surface area contributed by atoms with E-state index in [9.17, 15) is 13.2 Å². The summed E-state index contributed by atoms with van der Waals surface area (Å²) in [5.74, 6) is 0.961. The molecule has 0 spiro atoms. The molecule has 0 saturated carbocycles. The molecule has 34 heavy (non-hydrogen) atoms. The first kappa shape index (κ1) is 22.2. The first-order valence-electron chi connectivity index (χ1n) is 9.98. The number of pyridine rings is 2. The molecule has 0 fully saturated rings. The van der Waals surface area contributed by atoms with Crippen molar-refractivity contribution in [2.24, 2.45) is 0 Å². The van der Waals surface area contributed by atoms with Crippen molar-refractivity contribution in [1.29, 1.82) is 0 Å². The van der Waals surface area contributed by atoms with Crippen LogP contribution in [0.5, 0.6) is 11.5 Å². The van der Waals surface area contributed by atoms with E-state index >= 15 is 0 Å². The monoisotopic (exact) mass is 511 g/mol. The second-order valence-electron chi connectivity index (χ2n) is 7.32. The van der Waals surface area contributed by atoms with Gasteiger partial charge in [-0.1, -0.05) is 47.5 Å². The number of aromatic nitrogens is 2. The third-order valence-electron chi connectivity index (χ3n) is 5.13. The molecular weight excluding hydrogens is 497 g/mol. The van der Waals surface area contributed by atoms with E-state index < -0.39 is 10.0 Å². The lowest BCUT2D eigenvalue weighted by molar-refractivity contribution is 0.488. The highest BCUT2D eigenvalue weighted by Gasteiger charge is 2.20. The summed E-state index contributed by atoms with van der Waals surface area (Å²) in [6, 6.07) is 19.7. The van der Waals surface area contributed by atoms with Crippen LogP contribution in [0.3, 0.4) is 0 Å². The normalized spacial score (nSPS) is 11.6. The summed E-state index contributed by atoms with van der Waals surface area (Å²) in [4.78, 5) is 19.3. The Morgan fingerprint density at radius 1 is 0.882 bits per heavy atom. The van der Waals surface area contributed by atoms with Crippen molar-refractivity contribution in [1.82, 2.24) is 9.97 Å². The van der Waals surface area contributed by atoms with Gasteiger partial charge in [0.25, 0.3) is 15.6 Å². The van der Waals surface area contributed by atoms with E-state index in [1.165, 1.54) is 18.2 Å². The Kier molecular flexibility index (Phi) is 5.65. The summed E-state index contributed by atoms with van der Waals surface area (Å²) in [6.07, 6.45) is 1.54. The Morgan fingerprint density at radius 3 is 2.38 bits per heavy atom. The van der Waals surface area contributed by atoms with Gasteiger partial charge in [-0.25, -0.2) is 13.4 Å². The number of benzene rings is 3. The molecule has 10 heteroatoms. The number of nitrogens with one attached hydrogen (secondary N) is 2. The van der Waals surface area contributed by atoms with E-state index in [4.69, 9.17) is 27.9 Å². The summed E-state index contributed by atoms with van der Waals surface area (Å²) in [5, 5.41) is 2.00. The molecule has 5 rings (SSSR count). The maximum absolute atomic E-state index is 12.7. The predicted octanol–water partition coefficient (Wildman–Crippen LogP) is 5.98. The molecule has 5 aromatic rings. The number of nitrogens with zero attached hydrogens (tertiary/aromatic N) is 1. The highest BCUT2D eigenvalue weighted by atomic mass is 35.5. The Labute approximate surface area is 204 Å². The molecule has 2 aromatic heterocycles. The highest BCUT2D eigenvalue weighted by Crippen LogP contribution is 2.33. The zero-order chi connectivity index (χ0) is 23.9. The van der Waals surface area contributed by atoms with Crippen molar-refractivity contribution >= 4 is 60.7 Å². The Bertz CT molecular complexity index is 1720. The van der Waals surface area contributed by atoms with Crippen LogP contribution in [0.4, 0.5) is 5.69 Å². The molecule has 2 heterocycles. The molecule has 0 aliphatic heterocycles. The van der Waals surface area contributed by atoms with Crippen LogP contribution in [-0.4, -0.2) is 18.4 Å². The molecule has 2 N–H and O–H groups in total. The summed E-state index contributed by atoms with van der Waals surface area (Å²) in [5.41, 5.74) is 0.492. The molecular formula is C24H15Cl2N3O4S. The fourth-order valence-corrected chi connectivity index (χ4v) is 5.40. The SMILES string of the molecule is O=c1[nH]c2nccc(Oc3ccc(NS(=O)(=O)c4cccc(Cl)c4Cl)cc3)c2c2ccccc12. The molecule has 0 saturated heterocycles. The van der Waals surface area contributed by atoms with Crippen LogP contribution in [0, 0.1) is 0 Å². The molecule has 7 nitrogen and oxygen atoms in total. The van der Waals surface area contributed by atoms with E-state index in [2.05, 4.69) is 14.7 Å². The lowest BCUT2D eigenvalue weighted by Crippen LogP contribution is -2.13. The number of fused-ring (bicyclic) bond motifs is 3. The van der Waals surface area contributed by atoms with Crippen molar-refractivity contribution in [3.8, 4) is 11.5 Å². The quantitative estimate of drug-likeness (QED) is 0.283. The molecule has 170 valence electrons. The standard InChI is InChI=1S/C24H15Cl2N3O4S/c25-18-6-3-7-20(22(18)26)34(31,32)29-14-8-10-15(11-9-14)33-19-12-13-27-23-21(19)16-4-1-2-5-17(16)24(30)28-23/h1-13,29H,(H,27,28,30). The minimum absolute atomic E-state index is 0.0496. The minimum Gasteiger partial charge on any atom is -0.457 e. The van der Waals surface area contributed by atoms with Crippen LogP contribution in [-0.2, 0) is 10.0 Å². The van der Waals surface area contributed by atoms with Crippen molar-refractivity contribution < 1.29 is 13.2 Å². The number of hydrogen-bond donors (Lipinski definition) is 2. The van der Waals surface area contributed by atoms with E-state index in [0.29, 0.717) is 39.0 Å². The van der Waals surface area contributed by atoms with Gasteiger partial charge in [0, 0.05) is 22.7 Å². The van der Waals surface area contributed by atoms with Crippen molar-refractivity contribution in [2.45, 2.75) is 4.90 Å². The van der Waals surface area contributed by atoms with Gasteiger partial charge in [-0.15, -0.1) is 0 Å². The number of rotatable bonds is 5. The second-order valence-corrected chi connectivity index (χ2v) is 9.75. The number of sulfonamides is 1. The zero-order valence-electron chi connectivity index (χ0n) is 17.2. The van der Waals surface area contributed by atoms with Crippen LogP contribution in [0.15, 0.2) is 88.7 Å². The number of halogens is 2. The number of H-pyrrole nitrogens is 1. The van der Waals surface area contributed by atoms with Gasteiger partial charge in [-0.3, -0.25) is 9.52 Å². The molecule has 0 radical (unpaired) electrons. The van der Waals surface area contributed by atoms with Crippen LogP contribution in [0.2, 0.25) is 10.0 Å².